The molecule has 0 amide bonds. The molecule has 2 N–H and O–H groups in total. The fraction of sp³-hybridized carbons (Fsp3) is 0.750. The Morgan fingerprint density at radius 1 is 1.47 bits per heavy atom. The normalized spacial score (nSPS) is 14.2. The summed E-state index contributed by atoms with van der Waals surface area (Å²) in [4.78, 5) is 4.36. The SMILES string of the molecule is CCCn1ccnc1C(N)CC(C)(C)C. The van der Waals surface area contributed by atoms with E-state index < -0.39 is 0 Å². The number of aromatic nitrogens is 2. The number of aryl methyl sites for hydroxylation is 1. The maximum atomic E-state index is 6.17. The molecular formula is C12H23N3. The highest BCUT2D eigenvalue weighted by Crippen LogP contribution is 2.26. The summed E-state index contributed by atoms with van der Waals surface area (Å²) in [7, 11) is 0. The van der Waals surface area contributed by atoms with Crippen LogP contribution >= 0.6 is 0 Å². The van der Waals surface area contributed by atoms with Gasteiger partial charge < -0.3 is 10.3 Å². The lowest BCUT2D eigenvalue weighted by molar-refractivity contribution is 0.332. The van der Waals surface area contributed by atoms with Gasteiger partial charge in [-0.05, 0) is 18.3 Å². The molecular weight excluding hydrogens is 186 g/mol. The van der Waals surface area contributed by atoms with Gasteiger partial charge in [-0.3, -0.25) is 0 Å². The summed E-state index contributed by atoms with van der Waals surface area (Å²) >= 11 is 0. The third-order valence-corrected chi connectivity index (χ3v) is 2.38. The predicted molar refractivity (Wildman–Crippen MR) is 63.5 cm³/mol. The van der Waals surface area contributed by atoms with Crippen molar-refractivity contribution in [3.05, 3.63) is 18.2 Å². The third-order valence-electron chi connectivity index (χ3n) is 2.38. The van der Waals surface area contributed by atoms with Crippen LogP contribution in [-0.2, 0) is 6.54 Å². The van der Waals surface area contributed by atoms with Crippen LogP contribution in [0.5, 0.6) is 0 Å². The van der Waals surface area contributed by atoms with E-state index in [1.165, 1.54) is 0 Å². The van der Waals surface area contributed by atoms with Crippen LogP contribution in [0.3, 0.4) is 0 Å². The number of nitrogens with zero attached hydrogens (tertiary/aromatic N) is 2. The minimum absolute atomic E-state index is 0.0477. The fourth-order valence-corrected chi connectivity index (χ4v) is 1.83. The summed E-state index contributed by atoms with van der Waals surface area (Å²) in [5.74, 6) is 1.02. The van der Waals surface area contributed by atoms with Gasteiger partial charge in [0.1, 0.15) is 5.82 Å². The van der Waals surface area contributed by atoms with Gasteiger partial charge in [0, 0.05) is 18.9 Å². The van der Waals surface area contributed by atoms with E-state index in [0.717, 1.165) is 25.2 Å². The Balaban J connectivity index is 2.72. The second-order valence-electron chi connectivity index (χ2n) is 5.35. The quantitative estimate of drug-likeness (QED) is 0.828. The van der Waals surface area contributed by atoms with Gasteiger partial charge in [0.15, 0.2) is 0 Å². The van der Waals surface area contributed by atoms with Gasteiger partial charge in [0.2, 0.25) is 0 Å². The van der Waals surface area contributed by atoms with Gasteiger partial charge in [-0.1, -0.05) is 27.7 Å². The maximum Gasteiger partial charge on any atom is 0.125 e. The molecule has 0 aliphatic carbocycles. The first-order valence-electron chi connectivity index (χ1n) is 5.70. The lowest BCUT2D eigenvalue weighted by Gasteiger charge is -2.23. The number of imidazole rings is 1. The Labute approximate surface area is 92.7 Å². The summed E-state index contributed by atoms with van der Waals surface area (Å²) in [6.45, 7) is 9.80. The zero-order valence-corrected chi connectivity index (χ0v) is 10.3. The van der Waals surface area contributed by atoms with Crippen molar-refractivity contribution in [2.24, 2.45) is 11.1 Å². The monoisotopic (exact) mass is 209 g/mol. The van der Waals surface area contributed by atoms with E-state index in [2.05, 4.69) is 37.2 Å². The van der Waals surface area contributed by atoms with Crippen molar-refractivity contribution < 1.29 is 0 Å². The molecule has 0 aliphatic heterocycles. The first-order valence-corrected chi connectivity index (χ1v) is 5.70. The smallest absolute Gasteiger partial charge is 0.125 e. The first kappa shape index (κ1) is 12.2. The minimum atomic E-state index is 0.0477. The van der Waals surface area contributed by atoms with Crippen LogP contribution < -0.4 is 5.73 Å². The molecule has 0 radical (unpaired) electrons. The molecule has 3 heteroatoms. The first-order chi connectivity index (χ1) is 6.94. The third kappa shape index (κ3) is 3.67. The molecule has 1 aromatic rings. The Morgan fingerprint density at radius 2 is 2.13 bits per heavy atom. The second kappa shape index (κ2) is 4.79. The highest BCUT2D eigenvalue weighted by molar-refractivity contribution is 4.99. The van der Waals surface area contributed by atoms with Gasteiger partial charge >= 0.3 is 0 Å². The van der Waals surface area contributed by atoms with Crippen LogP contribution in [0.25, 0.3) is 0 Å². The summed E-state index contributed by atoms with van der Waals surface area (Å²) < 4.78 is 2.16. The molecule has 15 heavy (non-hydrogen) atoms. The maximum absolute atomic E-state index is 6.17. The van der Waals surface area contributed by atoms with Crippen molar-refractivity contribution in [3.8, 4) is 0 Å². The molecule has 3 nitrogen and oxygen atoms in total. The molecule has 1 rings (SSSR count). The predicted octanol–water partition coefficient (Wildman–Crippen LogP) is 2.73. The van der Waals surface area contributed by atoms with Gasteiger partial charge in [-0.25, -0.2) is 4.98 Å². The summed E-state index contributed by atoms with van der Waals surface area (Å²) in [6, 6.07) is 0.0477. The van der Waals surface area contributed by atoms with Gasteiger partial charge in [0.05, 0.1) is 6.04 Å². The Bertz CT molecular complexity index is 296. The van der Waals surface area contributed by atoms with Crippen LogP contribution in [-0.4, -0.2) is 9.55 Å². The average molecular weight is 209 g/mol. The largest absolute Gasteiger partial charge is 0.334 e. The van der Waals surface area contributed by atoms with Gasteiger partial charge in [-0.2, -0.15) is 0 Å². The van der Waals surface area contributed by atoms with Gasteiger partial charge in [0.25, 0.3) is 0 Å². The molecule has 0 fully saturated rings. The molecule has 0 bridgehead atoms. The van der Waals surface area contributed by atoms with Crippen LogP contribution in [0.2, 0.25) is 0 Å². The van der Waals surface area contributed by atoms with Crippen LogP contribution in [0, 0.1) is 5.41 Å². The highest BCUT2D eigenvalue weighted by Gasteiger charge is 2.19. The lowest BCUT2D eigenvalue weighted by atomic mass is 9.88. The van der Waals surface area contributed by atoms with Crippen LogP contribution in [0.4, 0.5) is 0 Å². The van der Waals surface area contributed by atoms with Crippen molar-refractivity contribution in [1.82, 2.24) is 9.55 Å². The number of hydrogen-bond donors (Lipinski definition) is 1. The zero-order valence-electron chi connectivity index (χ0n) is 10.3. The fourth-order valence-electron chi connectivity index (χ4n) is 1.83. The standard InChI is InChI=1S/C12H23N3/c1-5-7-15-8-6-14-11(15)10(13)9-12(2,3)4/h6,8,10H,5,7,9,13H2,1-4H3. The molecule has 1 atom stereocenters. The summed E-state index contributed by atoms with van der Waals surface area (Å²) in [5.41, 5.74) is 6.43. The molecule has 0 saturated carbocycles. The molecule has 86 valence electrons. The minimum Gasteiger partial charge on any atom is -0.334 e. The molecule has 0 aliphatic rings. The van der Waals surface area contributed by atoms with Crippen molar-refractivity contribution in [3.63, 3.8) is 0 Å². The second-order valence-corrected chi connectivity index (χ2v) is 5.35. The van der Waals surface area contributed by atoms with Crippen molar-refractivity contribution in [2.45, 2.75) is 53.1 Å². The lowest BCUT2D eigenvalue weighted by Crippen LogP contribution is -2.22. The zero-order chi connectivity index (χ0) is 11.5. The van der Waals surface area contributed by atoms with E-state index in [-0.39, 0.29) is 11.5 Å². The van der Waals surface area contributed by atoms with E-state index >= 15 is 0 Å². The van der Waals surface area contributed by atoms with E-state index in [1.54, 1.807) is 0 Å². The van der Waals surface area contributed by atoms with E-state index in [4.69, 9.17) is 5.73 Å². The number of hydrogen-bond acceptors (Lipinski definition) is 2. The Morgan fingerprint density at radius 3 is 2.67 bits per heavy atom. The summed E-state index contributed by atoms with van der Waals surface area (Å²) in [5, 5.41) is 0. The summed E-state index contributed by atoms with van der Waals surface area (Å²) in [6.07, 6.45) is 5.94. The molecule has 0 spiro atoms. The number of nitrogens with two attached hydrogens (primary N) is 1. The Hall–Kier alpha value is -0.830. The highest BCUT2D eigenvalue weighted by atomic mass is 15.1. The number of rotatable bonds is 4. The molecule has 1 unspecified atom stereocenters. The topological polar surface area (TPSA) is 43.8 Å². The van der Waals surface area contributed by atoms with Crippen LogP contribution in [0.1, 0.15) is 52.4 Å². The molecule has 1 heterocycles. The molecule has 0 aromatic carbocycles. The average Bonchev–Trinajstić information content (AvgIpc) is 2.49. The van der Waals surface area contributed by atoms with Crippen LogP contribution in [0.15, 0.2) is 12.4 Å². The van der Waals surface area contributed by atoms with Crippen molar-refractivity contribution in [2.75, 3.05) is 0 Å². The molecule has 0 saturated heterocycles. The molecule has 1 aromatic heterocycles. The van der Waals surface area contributed by atoms with Gasteiger partial charge in [-0.15, -0.1) is 0 Å². The van der Waals surface area contributed by atoms with E-state index in [9.17, 15) is 0 Å². The van der Waals surface area contributed by atoms with Crippen molar-refractivity contribution in [1.29, 1.82) is 0 Å². The van der Waals surface area contributed by atoms with E-state index in [1.807, 2.05) is 12.4 Å². The Kier molecular flexibility index (Phi) is 3.91. The van der Waals surface area contributed by atoms with E-state index in [0.29, 0.717) is 0 Å². The van der Waals surface area contributed by atoms with Crippen molar-refractivity contribution >= 4 is 0 Å².